The van der Waals surface area contributed by atoms with Gasteiger partial charge in [-0.25, -0.2) is 4.98 Å². The highest BCUT2D eigenvalue weighted by molar-refractivity contribution is 6.29. The van der Waals surface area contributed by atoms with Crippen molar-refractivity contribution in [3.05, 3.63) is 86.3 Å². The summed E-state index contributed by atoms with van der Waals surface area (Å²) in [5.74, 6) is 0.447. The predicted molar refractivity (Wildman–Crippen MR) is 138 cm³/mol. The van der Waals surface area contributed by atoms with Gasteiger partial charge in [0.1, 0.15) is 22.5 Å². The lowest BCUT2D eigenvalue weighted by molar-refractivity contribution is 0.601. The number of pyridine rings is 1. The Labute approximate surface area is 206 Å². The van der Waals surface area contributed by atoms with Crippen molar-refractivity contribution in [3.8, 4) is 17.5 Å². The molecule has 0 aliphatic carbocycles. The summed E-state index contributed by atoms with van der Waals surface area (Å²) in [5.41, 5.74) is 4.92. The van der Waals surface area contributed by atoms with Crippen molar-refractivity contribution in [2.75, 3.05) is 5.32 Å². The first kappa shape index (κ1) is 22.6. The second-order valence-electron chi connectivity index (χ2n) is 8.61. The molecule has 3 heterocycles. The van der Waals surface area contributed by atoms with Crippen LogP contribution in [0.4, 0.5) is 5.69 Å². The molecule has 0 saturated heterocycles. The summed E-state index contributed by atoms with van der Waals surface area (Å²) in [6, 6.07) is 16.8. The van der Waals surface area contributed by atoms with Crippen molar-refractivity contribution in [2.45, 2.75) is 26.8 Å². The van der Waals surface area contributed by atoms with E-state index >= 15 is 0 Å². The van der Waals surface area contributed by atoms with Crippen LogP contribution in [-0.4, -0.2) is 14.8 Å². The Morgan fingerprint density at radius 3 is 2.69 bits per heavy atom. The highest BCUT2D eigenvalue weighted by Crippen LogP contribution is 2.34. The van der Waals surface area contributed by atoms with Gasteiger partial charge in [0.15, 0.2) is 16.9 Å². The first-order valence-corrected chi connectivity index (χ1v) is 11.5. The number of fused-ring (bicyclic) bond motifs is 2. The molecular weight excluding hydrogens is 462 g/mol. The summed E-state index contributed by atoms with van der Waals surface area (Å²) < 4.78 is 8.27. The average Bonchev–Trinajstić information content (AvgIpc) is 3.18. The number of hydrogen-bond acceptors (Lipinski definition) is 6. The van der Waals surface area contributed by atoms with Gasteiger partial charge < -0.3 is 9.73 Å². The van der Waals surface area contributed by atoms with Gasteiger partial charge in [-0.2, -0.15) is 10.4 Å². The van der Waals surface area contributed by atoms with E-state index in [-0.39, 0.29) is 22.3 Å². The van der Waals surface area contributed by atoms with E-state index in [0.29, 0.717) is 33.7 Å². The highest BCUT2D eigenvalue weighted by atomic mass is 35.5. The van der Waals surface area contributed by atoms with Crippen molar-refractivity contribution in [2.24, 2.45) is 7.05 Å². The first-order chi connectivity index (χ1) is 16.8. The van der Waals surface area contributed by atoms with Crippen LogP contribution in [0.15, 0.2) is 57.7 Å². The maximum Gasteiger partial charge on any atom is 0.196 e. The van der Waals surface area contributed by atoms with E-state index in [0.717, 1.165) is 22.0 Å². The quantitative estimate of drug-likeness (QED) is 0.312. The molecule has 35 heavy (non-hydrogen) atoms. The summed E-state index contributed by atoms with van der Waals surface area (Å²) in [7, 11) is 1.87. The first-order valence-electron chi connectivity index (χ1n) is 11.1. The van der Waals surface area contributed by atoms with Crippen molar-refractivity contribution in [1.82, 2.24) is 14.8 Å². The Morgan fingerprint density at radius 1 is 1.14 bits per heavy atom. The lowest BCUT2D eigenvalue weighted by Gasteiger charge is -2.19. The molecule has 174 valence electrons. The van der Waals surface area contributed by atoms with Gasteiger partial charge in [-0.1, -0.05) is 35.9 Å². The SMILES string of the molecule is Cc1cc([C@@H](C)Nc2ccc(Cl)nc2C#N)c2oc(-c3nn(C)c4ccccc34)c(C)c(=O)c2c1. The third-order valence-corrected chi connectivity index (χ3v) is 6.38. The molecule has 0 radical (unpaired) electrons. The van der Waals surface area contributed by atoms with Crippen LogP contribution in [0.25, 0.3) is 33.3 Å². The fourth-order valence-electron chi connectivity index (χ4n) is 4.44. The summed E-state index contributed by atoms with van der Waals surface area (Å²) in [6.45, 7) is 5.65. The maximum atomic E-state index is 13.5. The molecule has 7 nitrogen and oxygen atoms in total. The normalized spacial score (nSPS) is 12.1. The van der Waals surface area contributed by atoms with Gasteiger partial charge in [-0.3, -0.25) is 9.48 Å². The number of nitrogens with zero attached hydrogens (tertiary/aromatic N) is 4. The number of anilines is 1. The Balaban J connectivity index is 1.72. The van der Waals surface area contributed by atoms with Crippen LogP contribution in [0.3, 0.4) is 0 Å². The molecule has 0 amide bonds. The van der Waals surface area contributed by atoms with Crippen LogP contribution in [0, 0.1) is 25.2 Å². The number of rotatable bonds is 4. The Bertz CT molecular complexity index is 1730. The number of nitriles is 1. The van der Waals surface area contributed by atoms with Crippen LogP contribution in [0.1, 0.15) is 35.3 Å². The lowest BCUT2D eigenvalue weighted by atomic mass is 9.99. The molecule has 1 N–H and O–H groups in total. The Kier molecular flexibility index (Phi) is 5.54. The minimum absolute atomic E-state index is 0.0981. The van der Waals surface area contributed by atoms with Crippen LogP contribution in [0.2, 0.25) is 5.15 Å². The summed E-state index contributed by atoms with van der Waals surface area (Å²) in [5, 5.41) is 19.1. The molecule has 0 aliphatic rings. The number of aromatic nitrogens is 3. The molecule has 8 heteroatoms. The second-order valence-corrected chi connectivity index (χ2v) is 9.00. The zero-order valence-electron chi connectivity index (χ0n) is 19.7. The lowest BCUT2D eigenvalue weighted by Crippen LogP contribution is -2.13. The van der Waals surface area contributed by atoms with Gasteiger partial charge >= 0.3 is 0 Å². The van der Waals surface area contributed by atoms with E-state index in [4.69, 9.17) is 16.0 Å². The van der Waals surface area contributed by atoms with Crippen LogP contribution in [0.5, 0.6) is 0 Å². The number of para-hydroxylation sites is 1. The molecule has 0 fully saturated rings. The molecule has 0 bridgehead atoms. The molecule has 5 aromatic rings. The monoisotopic (exact) mass is 483 g/mol. The van der Waals surface area contributed by atoms with Gasteiger partial charge in [0, 0.05) is 23.6 Å². The minimum atomic E-state index is -0.299. The summed E-state index contributed by atoms with van der Waals surface area (Å²) in [6.07, 6.45) is 0. The third kappa shape index (κ3) is 3.82. The number of nitrogens with one attached hydrogen (secondary N) is 1. The molecule has 5 rings (SSSR count). The summed E-state index contributed by atoms with van der Waals surface area (Å²) >= 11 is 5.95. The van der Waals surface area contributed by atoms with Crippen LogP contribution >= 0.6 is 11.6 Å². The average molecular weight is 484 g/mol. The van der Waals surface area contributed by atoms with E-state index < -0.39 is 0 Å². The van der Waals surface area contributed by atoms with Crippen molar-refractivity contribution < 1.29 is 4.42 Å². The van der Waals surface area contributed by atoms with Gasteiger partial charge in [0.2, 0.25) is 0 Å². The molecule has 1 atom stereocenters. The highest BCUT2D eigenvalue weighted by Gasteiger charge is 2.22. The fourth-order valence-corrected chi connectivity index (χ4v) is 4.59. The van der Waals surface area contributed by atoms with E-state index in [2.05, 4.69) is 21.5 Å². The maximum absolute atomic E-state index is 13.5. The number of halogens is 1. The topological polar surface area (TPSA) is 96.7 Å². The molecule has 2 aromatic carbocycles. The van der Waals surface area contributed by atoms with E-state index in [9.17, 15) is 10.1 Å². The standard InChI is InChI=1S/C27H22ClN5O2/c1-14-11-18(16(3)30-20-9-10-23(28)31-21(20)13-29)27-19(12-14)25(34)15(2)26(35-27)24-17-7-5-6-8-22(17)33(4)32-24/h5-12,16,30H,1-4H3/t16-/m1/s1. The predicted octanol–water partition coefficient (Wildman–Crippen LogP) is 6.06. The molecular formula is C27H22ClN5O2. The molecule has 0 spiro atoms. The molecule has 3 aromatic heterocycles. The minimum Gasteiger partial charge on any atom is -0.453 e. The smallest absolute Gasteiger partial charge is 0.196 e. The van der Waals surface area contributed by atoms with Crippen LogP contribution < -0.4 is 10.7 Å². The second kappa shape index (κ2) is 8.57. The Hall–Kier alpha value is -4.15. The molecule has 0 unspecified atom stereocenters. The van der Waals surface area contributed by atoms with Crippen LogP contribution in [-0.2, 0) is 7.05 Å². The van der Waals surface area contributed by atoms with Crippen molar-refractivity contribution >= 4 is 39.2 Å². The zero-order valence-corrected chi connectivity index (χ0v) is 20.4. The van der Waals surface area contributed by atoms with Crippen molar-refractivity contribution in [1.29, 1.82) is 5.26 Å². The van der Waals surface area contributed by atoms with Gasteiger partial charge in [0.05, 0.1) is 22.6 Å². The molecule has 0 aliphatic heterocycles. The van der Waals surface area contributed by atoms with E-state index in [1.165, 1.54) is 0 Å². The van der Waals surface area contributed by atoms with Crippen molar-refractivity contribution in [3.63, 3.8) is 0 Å². The Morgan fingerprint density at radius 2 is 1.91 bits per heavy atom. The van der Waals surface area contributed by atoms with Gasteiger partial charge in [0.25, 0.3) is 0 Å². The third-order valence-electron chi connectivity index (χ3n) is 6.17. The molecule has 0 saturated carbocycles. The number of benzene rings is 2. The largest absolute Gasteiger partial charge is 0.453 e. The van der Waals surface area contributed by atoms with E-state index in [1.54, 1.807) is 23.7 Å². The number of aryl methyl sites for hydroxylation is 2. The van der Waals surface area contributed by atoms with Gasteiger partial charge in [-0.15, -0.1) is 0 Å². The van der Waals surface area contributed by atoms with E-state index in [1.807, 2.05) is 57.3 Å². The van der Waals surface area contributed by atoms with Gasteiger partial charge in [-0.05, 0) is 50.6 Å². The number of hydrogen-bond donors (Lipinski definition) is 1. The summed E-state index contributed by atoms with van der Waals surface area (Å²) in [4.78, 5) is 17.6. The fraction of sp³-hybridized carbons (Fsp3) is 0.185. The zero-order chi connectivity index (χ0) is 24.9.